The average Bonchev–Trinajstić information content (AvgIpc) is 2.79. The highest BCUT2D eigenvalue weighted by molar-refractivity contribution is 5.56. The van der Waals surface area contributed by atoms with Crippen LogP contribution in [0.5, 0.6) is 11.6 Å². The van der Waals surface area contributed by atoms with E-state index in [1.807, 2.05) is 24.3 Å². The van der Waals surface area contributed by atoms with Gasteiger partial charge in [0.05, 0.1) is 12.3 Å². The van der Waals surface area contributed by atoms with Crippen LogP contribution in [-0.2, 0) is 18.4 Å². The summed E-state index contributed by atoms with van der Waals surface area (Å²) in [6.07, 6.45) is 1.71. The zero-order chi connectivity index (χ0) is 22.2. The molecule has 0 spiro atoms. The van der Waals surface area contributed by atoms with Gasteiger partial charge >= 0.3 is 0 Å². The van der Waals surface area contributed by atoms with Gasteiger partial charge in [-0.3, -0.25) is 9.36 Å². The van der Waals surface area contributed by atoms with Gasteiger partial charge < -0.3 is 9.99 Å². The molecule has 3 aromatic rings. The van der Waals surface area contributed by atoms with Crippen molar-refractivity contribution in [3.8, 4) is 17.7 Å². The topological polar surface area (TPSA) is 109 Å². The van der Waals surface area contributed by atoms with Crippen molar-refractivity contribution < 1.29 is 14.9 Å². The molecule has 0 saturated carbocycles. The van der Waals surface area contributed by atoms with Crippen LogP contribution in [0.25, 0.3) is 0 Å². The summed E-state index contributed by atoms with van der Waals surface area (Å²) in [5.41, 5.74) is 1.37. The Bertz CT molecular complexity index is 1180. The highest BCUT2D eigenvalue weighted by Gasteiger charge is 2.16. The first-order valence-electron chi connectivity index (χ1n) is 9.69. The number of aromatic nitrogens is 1. The van der Waals surface area contributed by atoms with Crippen molar-refractivity contribution in [2.45, 2.75) is 19.8 Å². The molecule has 31 heavy (non-hydrogen) atoms. The Labute approximate surface area is 179 Å². The van der Waals surface area contributed by atoms with Crippen molar-refractivity contribution >= 4 is 11.4 Å². The van der Waals surface area contributed by atoms with Crippen molar-refractivity contribution in [2.75, 3.05) is 6.61 Å². The van der Waals surface area contributed by atoms with E-state index in [0.717, 1.165) is 17.4 Å². The molecule has 0 aliphatic carbocycles. The maximum Gasteiger partial charge on any atom is 0.281 e. The molecule has 3 rings (SSSR count). The molecule has 0 unspecified atom stereocenters. The Kier molecular flexibility index (Phi) is 7.14. The summed E-state index contributed by atoms with van der Waals surface area (Å²) in [6.45, 7) is 1.97. The number of benzene rings is 2. The van der Waals surface area contributed by atoms with E-state index in [9.17, 15) is 15.2 Å². The first-order chi connectivity index (χ1) is 15.0. The lowest BCUT2D eigenvalue weighted by atomic mass is 10.1. The van der Waals surface area contributed by atoms with Gasteiger partial charge in [0.1, 0.15) is 11.6 Å². The van der Waals surface area contributed by atoms with Crippen LogP contribution in [-0.4, -0.2) is 16.3 Å². The summed E-state index contributed by atoms with van der Waals surface area (Å²) < 4.78 is 0.961. The Morgan fingerprint density at radius 3 is 2.65 bits per heavy atom. The molecule has 0 aliphatic rings. The fourth-order valence-corrected chi connectivity index (χ4v) is 2.92. The molecule has 8 nitrogen and oxygen atoms in total. The van der Waals surface area contributed by atoms with Crippen LogP contribution in [0, 0.1) is 18.3 Å². The minimum absolute atomic E-state index is 0.0136. The van der Waals surface area contributed by atoms with Crippen LogP contribution in [0.2, 0.25) is 0 Å². The monoisotopic (exact) mass is 418 g/mol. The number of aryl methyl sites for hydroxylation is 1. The van der Waals surface area contributed by atoms with E-state index in [4.69, 9.17) is 9.78 Å². The van der Waals surface area contributed by atoms with Gasteiger partial charge in [0, 0.05) is 18.7 Å². The molecule has 2 aromatic carbocycles. The number of azo groups is 1. The summed E-state index contributed by atoms with van der Waals surface area (Å²) in [5.74, 6) is 0.0490. The summed E-state index contributed by atoms with van der Waals surface area (Å²) in [7, 11) is 1.36. The van der Waals surface area contributed by atoms with E-state index in [-0.39, 0.29) is 16.8 Å². The third-order valence-electron chi connectivity index (χ3n) is 4.66. The molecule has 1 N–H and O–H groups in total. The average molecular weight is 418 g/mol. The smallest absolute Gasteiger partial charge is 0.281 e. The Morgan fingerprint density at radius 1 is 1.13 bits per heavy atom. The maximum absolute atomic E-state index is 12.4. The maximum atomic E-state index is 12.4. The number of hydrogen-bond donors (Lipinski definition) is 1. The van der Waals surface area contributed by atoms with E-state index < -0.39 is 11.4 Å². The summed E-state index contributed by atoms with van der Waals surface area (Å²) >= 11 is 0. The van der Waals surface area contributed by atoms with E-state index >= 15 is 0 Å². The molecule has 0 amide bonds. The number of nitriles is 1. The van der Waals surface area contributed by atoms with Crippen LogP contribution in [0.3, 0.4) is 0 Å². The van der Waals surface area contributed by atoms with Gasteiger partial charge in [-0.1, -0.05) is 36.4 Å². The number of nitrogens with zero attached hydrogens (tertiary/aromatic N) is 4. The number of rotatable bonds is 8. The second kappa shape index (κ2) is 10.2. The Balaban J connectivity index is 1.63. The lowest BCUT2D eigenvalue weighted by Gasteiger charge is -2.08. The van der Waals surface area contributed by atoms with Gasteiger partial charge in [-0.05, 0) is 37.5 Å². The molecule has 1 heterocycles. The minimum Gasteiger partial charge on any atom is -0.493 e. The third kappa shape index (κ3) is 5.35. The number of pyridine rings is 1. The molecule has 0 bridgehead atoms. The highest BCUT2D eigenvalue weighted by atomic mass is 17.2. The van der Waals surface area contributed by atoms with Crippen LogP contribution >= 0.6 is 0 Å². The van der Waals surface area contributed by atoms with Gasteiger partial charge in [-0.15, -0.1) is 5.11 Å². The van der Waals surface area contributed by atoms with Crippen molar-refractivity contribution in [2.24, 2.45) is 17.3 Å². The molecule has 1 aromatic heterocycles. The first kappa shape index (κ1) is 21.7. The molecule has 8 heteroatoms. The van der Waals surface area contributed by atoms with Gasteiger partial charge in [0.2, 0.25) is 5.88 Å². The molecule has 0 atom stereocenters. The second-order valence-electron chi connectivity index (χ2n) is 6.84. The van der Waals surface area contributed by atoms with Gasteiger partial charge in [-0.2, -0.15) is 15.3 Å². The van der Waals surface area contributed by atoms with Gasteiger partial charge in [0.25, 0.3) is 5.56 Å². The lowest BCUT2D eigenvalue weighted by molar-refractivity contribution is -0.207. The lowest BCUT2D eigenvalue weighted by Crippen LogP contribution is -2.18. The van der Waals surface area contributed by atoms with Crippen LogP contribution in [0.1, 0.15) is 23.1 Å². The Morgan fingerprint density at radius 2 is 1.90 bits per heavy atom. The van der Waals surface area contributed by atoms with E-state index in [1.165, 1.54) is 19.5 Å². The van der Waals surface area contributed by atoms with E-state index in [2.05, 4.69) is 22.4 Å². The number of aromatic hydroxyl groups is 1. The first-order valence-corrected chi connectivity index (χ1v) is 9.69. The molecule has 158 valence electrons. The summed E-state index contributed by atoms with van der Waals surface area (Å²) in [6, 6.07) is 18.7. The Hall–Kier alpha value is -3.96. The predicted molar refractivity (Wildman–Crippen MR) is 115 cm³/mol. The zero-order valence-corrected chi connectivity index (χ0v) is 17.3. The molecule has 0 saturated heterocycles. The SMILES string of the molecule is Cc1c(C#N)c(O)n(C)c(=O)c1N=Nc1cccc(OOCCCc2ccccc2)c1. The van der Waals surface area contributed by atoms with Crippen molar-refractivity contribution in [3.05, 3.63) is 81.6 Å². The second-order valence-corrected chi connectivity index (χ2v) is 6.84. The predicted octanol–water partition coefficient (Wildman–Crippen LogP) is 4.63. The van der Waals surface area contributed by atoms with Crippen LogP contribution in [0.15, 0.2) is 69.6 Å². The fraction of sp³-hybridized carbons (Fsp3) is 0.217. The molecule has 0 aliphatic heterocycles. The summed E-state index contributed by atoms with van der Waals surface area (Å²) in [4.78, 5) is 22.9. The van der Waals surface area contributed by atoms with E-state index in [0.29, 0.717) is 18.0 Å². The molecule has 0 fully saturated rings. The van der Waals surface area contributed by atoms with Crippen LogP contribution < -0.4 is 10.4 Å². The molecular weight excluding hydrogens is 396 g/mol. The van der Waals surface area contributed by atoms with Gasteiger partial charge in [0.15, 0.2) is 11.4 Å². The summed E-state index contributed by atoms with van der Waals surface area (Å²) in [5, 5.41) is 27.2. The normalized spacial score (nSPS) is 10.9. The molecule has 0 radical (unpaired) electrons. The number of hydrogen-bond acceptors (Lipinski definition) is 7. The third-order valence-corrected chi connectivity index (χ3v) is 4.66. The minimum atomic E-state index is -0.549. The molecular formula is C23H22N4O4. The van der Waals surface area contributed by atoms with Crippen LogP contribution in [0.4, 0.5) is 11.4 Å². The fourth-order valence-electron chi connectivity index (χ4n) is 2.92. The largest absolute Gasteiger partial charge is 0.493 e. The van der Waals surface area contributed by atoms with Crippen molar-refractivity contribution in [3.63, 3.8) is 0 Å². The van der Waals surface area contributed by atoms with Gasteiger partial charge in [-0.25, -0.2) is 0 Å². The highest BCUT2D eigenvalue weighted by Crippen LogP contribution is 2.27. The quantitative estimate of drug-likeness (QED) is 0.248. The van der Waals surface area contributed by atoms with E-state index in [1.54, 1.807) is 24.3 Å². The standard InChI is InChI=1S/C23H22N4O4/c1-16-20(15-24)22(28)27(2)23(29)21(16)26-25-18-11-6-12-19(14-18)31-30-13-7-10-17-8-4-3-5-9-17/h3-6,8-9,11-12,14,28H,7,10,13H2,1-2H3. The van der Waals surface area contributed by atoms with Crippen molar-refractivity contribution in [1.29, 1.82) is 5.26 Å². The zero-order valence-electron chi connectivity index (χ0n) is 17.3. The van der Waals surface area contributed by atoms with Crippen molar-refractivity contribution in [1.82, 2.24) is 4.57 Å².